The second-order valence-electron chi connectivity index (χ2n) is 7.26. The SMILES string of the molecule is CC(Sc1ccccc1)C(=O)NCc1ccc(N2CCc3ccccc3C2)nc1. The fourth-order valence-corrected chi connectivity index (χ4v) is 4.40. The molecule has 1 amide bonds. The van der Waals surface area contributed by atoms with Crippen molar-refractivity contribution in [2.24, 2.45) is 0 Å². The Balaban J connectivity index is 1.30. The van der Waals surface area contributed by atoms with Gasteiger partial charge in [-0.15, -0.1) is 11.8 Å². The number of benzene rings is 2. The second-order valence-corrected chi connectivity index (χ2v) is 8.67. The van der Waals surface area contributed by atoms with Gasteiger partial charge in [-0.2, -0.15) is 0 Å². The molecule has 0 radical (unpaired) electrons. The fraction of sp³-hybridized carbons (Fsp3) is 0.250. The Morgan fingerprint density at radius 2 is 1.83 bits per heavy atom. The van der Waals surface area contributed by atoms with Crippen molar-refractivity contribution in [3.05, 3.63) is 89.6 Å². The van der Waals surface area contributed by atoms with Gasteiger partial charge in [-0.1, -0.05) is 48.5 Å². The number of amides is 1. The quantitative estimate of drug-likeness (QED) is 0.618. The summed E-state index contributed by atoms with van der Waals surface area (Å²) in [7, 11) is 0. The maximum Gasteiger partial charge on any atom is 0.233 e. The molecule has 2 aromatic carbocycles. The Kier molecular flexibility index (Phi) is 6.15. The number of rotatable bonds is 6. The number of hydrogen-bond donors (Lipinski definition) is 1. The zero-order valence-corrected chi connectivity index (χ0v) is 17.4. The molecule has 2 heterocycles. The van der Waals surface area contributed by atoms with Gasteiger partial charge in [-0.05, 0) is 48.2 Å². The van der Waals surface area contributed by atoms with Crippen LogP contribution >= 0.6 is 11.8 Å². The minimum atomic E-state index is -0.141. The summed E-state index contributed by atoms with van der Waals surface area (Å²) >= 11 is 1.57. The zero-order chi connectivity index (χ0) is 20.1. The smallest absolute Gasteiger partial charge is 0.233 e. The molecule has 0 saturated heterocycles. The Morgan fingerprint density at radius 1 is 1.07 bits per heavy atom. The Morgan fingerprint density at radius 3 is 2.59 bits per heavy atom. The molecule has 3 aromatic rings. The van der Waals surface area contributed by atoms with Gasteiger partial charge in [0.15, 0.2) is 0 Å². The van der Waals surface area contributed by atoms with Gasteiger partial charge in [-0.25, -0.2) is 4.98 Å². The van der Waals surface area contributed by atoms with Crippen LogP contribution in [-0.2, 0) is 24.3 Å². The van der Waals surface area contributed by atoms with E-state index in [1.165, 1.54) is 11.1 Å². The van der Waals surface area contributed by atoms with Crippen LogP contribution in [0, 0.1) is 0 Å². The van der Waals surface area contributed by atoms with E-state index in [9.17, 15) is 4.79 Å². The third-order valence-electron chi connectivity index (χ3n) is 5.16. The van der Waals surface area contributed by atoms with E-state index in [-0.39, 0.29) is 11.2 Å². The van der Waals surface area contributed by atoms with Gasteiger partial charge in [0.05, 0.1) is 5.25 Å². The lowest BCUT2D eigenvalue weighted by Crippen LogP contribution is -2.31. The number of aromatic nitrogens is 1. The number of hydrogen-bond acceptors (Lipinski definition) is 4. The third kappa shape index (κ3) is 4.98. The average Bonchev–Trinajstić information content (AvgIpc) is 2.78. The molecule has 1 unspecified atom stereocenters. The molecule has 5 heteroatoms. The second kappa shape index (κ2) is 9.14. The molecule has 0 bridgehead atoms. The maximum atomic E-state index is 12.4. The molecule has 0 spiro atoms. The summed E-state index contributed by atoms with van der Waals surface area (Å²) in [4.78, 5) is 20.4. The number of pyridine rings is 1. The van der Waals surface area contributed by atoms with Gasteiger partial charge >= 0.3 is 0 Å². The van der Waals surface area contributed by atoms with Crippen LogP contribution in [0.4, 0.5) is 5.82 Å². The highest BCUT2D eigenvalue weighted by Gasteiger charge is 2.17. The predicted molar refractivity (Wildman–Crippen MR) is 119 cm³/mol. The summed E-state index contributed by atoms with van der Waals surface area (Å²) in [6.07, 6.45) is 2.91. The first-order valence-corrected chi connectivity index (χ1v) is 10.8. The molecule has 0 aliphatic carbocycles. The van der Waals surface area contributed by atoms with Crippen LogP contribution in [0.5, 0.6) is 0 Å². The van der Waals surface area contributed by atoms with Gasteiger partial charge in [0.2, 0.25) is 5.91 Å². The van der Waals surface area contributed by atoms with Crippen molar-refractivity contribution in [1.29, 1.82) is 0 Å². The molecule has 1 atom stereocenters. The molecule has 29 heavy (non-hydrogen) atoms. The predicted octanol–water partition coefficient (Wildman–Crippen LogP) is 4.44. The summed E-state index contributed by atoms with van der Waals surface area (Å²) in [6.45, 7) is 4.30. The van der Waals surface area contributed by atoms with Crippen LogP contribution in [0.25, 0.3) is 0 Å². The van der Waals surface area contributed by atoms with E-state index in [2.05, 4.69) is 51.6 Å². The van der Waals surface area contributed by atoms with Crippen LogP contribution in [0.15, 0.2) is 77.8 Å². The Hall–Kier alpha value is -2.79. The van der Waals surface area contributed by atoms with E-state index in [4.69, 9.17) is 0 Å². The van der Waals surface area contributed by atoms with Crippen molar-refractivity contribution in [3.63, 3.8) is 0 Å². The maximum absolute atomic E-state index is 12.4. The lowest BCUT2D eigenvalue weighted by Gasteiger charge is -2.29. The molecular formula is C24H25N3OS. The minimum absolute atomic E-state index is 0.0376. The molecule has 4 nitrogen and oxygen atoms in total. The summed E-state index contributed by atoms with van der Waals surface area (Å²) in [5.74, 6) is 1.03. The highest BCUT2D eigenvalue weighted by atomic mass is 32.2. The summed E-state index contributed by atoms with van der Waals surface area (Å²) in [5.41, 5.74) is 3.82. The normalized spacial score (nSPS) is 14.2. The van der Waals surface area contributed by atoms with Crippen LogP contribution in [-0.4, -0.2) is 22.7 Å². The highest BCUT2D eigenvalue weighted by Crippen LogP contribution is 2.24. The van der Waals surface area contributed by atoms with E-state index >= 15 is 0 Å². The lowest BCUT2D eigenvalue weighted by molar-refractivity contribution is -0.120. The zero-order valence-electron chi connectivity index (χ0n) is 16.5. The summed E-state index contributed by atoms with van der Waals surface area (Å²) < 4.78 is 0. The van der Waals surface area contributed by atoms with E-state index in [1.807, 2.05) is 43.5 Å². The Labute approximate surface area is 176 Å². The standard InChI is InChI=1S/C24H25N3OS/c1-18(29-22-9-3-2-4-10-22)24(28)26-16-19-11-12-23(25-15-19)27-14-13-20-7-5-6-8-21(20)17-27/h2-12,15,18H,13-14,16-17H2,1H3,(H,26,28). The monoisotopic (exact) mass is 403 g/mol. The third-order valence-corrected chi connectivity index (χ3v) is 6.27. The molecule has 1 N–H and O–H groups in total. The van der Waals surface area contributed by atoms with Crippen LogP contribution in [0.2, 0.25) is 0 Å². The number of carbonyl (C=O) groups is 1. The van der Waals surface area contributed by atoms with Crippen LogP contribution in [0.1, 0.15) is 23.6 Å². The van der Waals surface area contributed by atoms with E-state index in [1.54, 1.807) is 11.8 Å². The van der Waals surface area contributed by atoms with Crippen LogP contribution in [0.3, 0.4) is 0 Å². The molecule has 0 saturated carbocycles. The van der Waals surface area contributed by atoms with Gasteiger partial charge in [0.1, 0.15) is 5.82 Å². The van der Waals surface area contributed by atoms with Crippen molar-refractivity contribution in [2.75, 3.05) is 11.4 Å². The van der Waals surface area contributed by atoms with Crippen molar-refractivity contribution in [3.8, 4) is 0 Å². The molecule has 1 aliphatic rings. The van der Waals surface area contributed by atoms with E-state index < -0.39 is 0 Å². The highest BCUT2D eigenvalue weighted by molar-refractivity contribution is 8.00. The molecule has 0 fully saturated rings. The largest absolute Gasteiger partial charge is 0.352 e. The number of nitrogens with zero attached hydrogens (tertiary/aromatic N) is 2. The number of fused-ring (bicyclic) bond motifs is 1. The van der Waals surface area contributed by atoms with Crippen LogP contribution < -0.4 is 10.2 Å². The van der Waals surface area contributed by atoms with Crippen molar-refractivity contribution < 1.29 is 4.79 Å². The lowest BCUT2D eigenvalue weighted by atomic mass is 10.00. The number of nitrogens with one attached hydrogen (secondary N) is 1. The summed E-state index contributed by atoms with van der Waals surface area (Å²) in [5, 5.41) is 2.88. The van der Waals surface area contributed by atoms with Gasteiger partial charge < -0.3 is 10.2 Å². The molecular weight excluding hydrogens is 378 g/mol. The first kappa shape index (κ1) is 19.5. The number of thioether (sulfide) groups is 1. The van der Waals surface area contributed by atoms with Crippen molar-refractivity contribution in [2.45, 2.75) is 36.6 Å². The van der Waals surface area contributed by atoms with E-state index in [0.29, 0.717) is 6.54 Å². The first-order valence-electron chi connectivity index (χ1n) is 9.95. The Bertz CT molecular complexity index is 959. The average molecular weight is 404 g/mol. The van der Waals surface area contributed by atoms with Gasteiger partial charge in [-0.3, -0.25) is 4.79 Å². The number of anilines is 1. The topological polar surface area (TPSA) is 45.2 Å². The van der Waals surface area contributed by atoms with Gasteiger partial charge in [0, 0.05) is 30.7 Å². The number of carbonyl (C=O) groups excluding carboxylic acids is 1. The molecule has 148 valence electrons. The van der Waals surface area contributed by atoms with Crippen molar-refractivity contribution in [1.82, 2.24) is 10.3 Å². The summed E-state index contributed by atoms with van der Waals surface area (Å²) in [6, 6.07) is 22.7. The first-order chi connectivity index (χ1) is 14.2. The van der Waals surface area contributed by atoms with Crippen molar-refractivity contribution >= 4 is 23.5 Å². The molecule has 4 rings (SSSR count). The molecule has 1 aromatic heterocycles. The van der Waals surface area contributed by atoms with Gasteiger partial charge in [0.25, 0.3) is 0 Å². The fourth-order valence-electron chi connectivity index (χ4n) is 3.49. The minimum Gasteiger partial charge on any atom is -0.352 e. The van der Waals surface area contributed by atoms with E-state index in [0.717, 1.165) is 35.8 Å². The molecule has 1 aliphatic heterocycles.